The van der Waals surface area contributed by atoms with E-state index in [1.54, 1.807) is 49.1 Å². The summed E-state index contributed by atoms with van der Waals surface area (Å²) in [6.45, 7) is 1.59. The highest BCUT2D eigenvalue weighted by Gasteiger charge is 2.19. The molecule has 0 fully saturated rings. The van der Waals surface area contributed by atoms with Crippen molar-refractivity contribution in [1.29, 1.82) is 0 Å². The van der Waals surface area contributed by atoms with E-state index < -0.39 is 6.04 Å². The number of aromatic nitrogens is 5. The number of anilines is 1. The van der Waals surface area contributed by atoms with E-state index in [-0.39, 0.29) is 11.5 Å². The van der Waals surface area contributed by atoms with Crippen molar-refractivity contribution < 1.29 is 4.79 Å². The van der Waals surface area contributed by atoms with Crippen molar-refractivity contribution in [3.63, 3.8) is 0 Å². The highest BCUT2D eigenvalue weighted by Crippen LogP contribution is 2.10. The van der Waals surface area contributed by atoms with Crippen LogP contribution in [0.5, 0.6) is 0 Å². The normalized spacial score (nSPS) is 12.3. The van der Waals surface area contributed by atoms with Gasteiger partial charge < -0.3 is 5.32 Å². The second kappa shape index (κ2) is 5.40. The second-order valence-corrected chi connectivity index (χ2v) is 4.92. The standard InChI is InChI=1S/C14H14N6O2/c1-9(13(21)16-10-7-15-19(2)8-10)20-14(22)11-5-3-4-6-12(11)17-18-20/h3-9H,1-2H3,(H,16,21)/t9-/m0/s1. The SMILES string of the molecule is C[C@@H](C(=O)Nc1cnn(C)c1)n1nnc2ccccc2c1=O. The van der Waals surface area contributed by atoms with Crippen LogP contribution in [0.25, 0.3) is 10.9 Å². The lowest BCUT2D eigenvalue weighted by Gasteiger charge is -2.12. The Bertz CT molecular complexity index is 897. The van der Waals surface area contributed by atoms with Gasteiger partial charge in [0.05, 0.1) is 17.3 Å². The van der Waals surface area contributed by atoms with Gasteiger partial charge in [-0.1, -0.05) is 17.3 Å². The summed E-state index contributed by atoms with van der Waals surface area (Å²) >= 11 is 0. The third-order valence-electron chi connectivity index (χ3n) is 3.31. The monoisotopic (exact) mass is 298 g/mol. The number of carbonyl (C=O) groups excluding carboxylic acids is 1. The Hall–Kier alpha value is -3.03. The Morgan fingerprint density at radius 1 is 1.32 bits per heavy atom. The largest absolute Gasteiger partial charge is 0.322 e. The van der Waals surface area contributed by atoms with Gasteiger partial charge in [-0.25, -0.2) is 0 Å². The van der Waals surface area contributed by atoms with Crippen LogP contribution in [0.15, 0.2) is 41.5 Å². The number of nitrogens with zero attached hydrogens (tertiary/aromatic N) is 5. The maximum atomic E-state index is 12.4. The third kappa shape index (κ3) is 2.46. The van der Waals surface area contributed by atoms with E-state index >= 15 is 0 Å². The van der Waals surface area contributed by atoms with Gasteiger partial charge in [-0.05, 0) is 19.1 Å². The van der Waals surface area contributed by atoms with Crippen LogP contribution < -0.4 is 10.9 Å². The van der Waals surface area contributed by atoms with Gasteiger partial charge in [-0.15, -0.1) is 5.10 Å². The summed E-state index contributed by atoms with van der Waals surface area (Å²) in [5, 5.41) is 14.9. The predicted molar refractivity (Wildman–Crippen MR) is 80.3 cm³/mol. The first-order valence-corrected chi connectivity index (χ1v) is 6.70. The lowest BCUT2D eigenvalue weighted by molar-refractivity contribution is -0.119. The van der Waals surface area contributed by atoms with Gasteiger partial charge in [0.25, 0.3) is 5.56 Å². The first-order chi connectivity index (χ1) is 10.6. The van der Waals surface area contributed by atoms with Crippen molar-refractivity contribution in [2.24, 2.45) is 7.05 Å². The van der Waals surface area contributed by atoms with Crippen molar-refractivity contribution in [3.8, 4) is 0 Å². The maximum absolute atomic E-state index is 12.4. The first-order valence-electron chi connectivity index (χ1n) is 6.70. The number of aryl methyl sites for hydroxylation is 1. The zero-order valence-corrected chi connectivity index (χ0v) is 12.1. The highest BCUT2D eigenvalue weighted by atomic mass is 16.2. The number of carbonyl (C=O) groups is 1. The zero-order chi connectivity index (χ0) is 15.7. The average molecular weight is 298 g/mol. The number of rotatable bonds is 3. The first kappa shape index (κ1) is 13.9. The molecule has 22 heavy (non-hydrogen) atoms. The summed E-state index contributed by atoms with van der Waals surface area (Å²) < 4.78 is 2.65. The van der Waals surface area contributed by atoms with Gasteiger partial charge in [-0.3, -0.25) is 14.3 Å². The average Bonchev–Trinajstić information content (AvgIpc) is 2.92. The molecule has 1 N–H and O–H groups in total. The van der Waals surface area contributed by atoms with Crippen LogP contribution >= 0.6 is 0 Å². The van der Waals surface area contributed by atoms with E-state index in [4.69, 9.17) is 0 Å². The van der Waals surface area contributed by atoms with Crippen LogP contribution in [0, 0.1) is 0 Å². The van der Waals surface area contributed by atoms with Gasteiger partial charge in [0.1, 0.15) is 11.6 Å². The third-order valence-corrected chi connectivity index (χ3v) is 3.31. The molecule has 0 radical (unpaired) electrons. The maximum Gasteiger partial charge on any atom is 0.278 e. The van der Waals surface area contributed by atoms with Crippen molar-refractivity contribution in [1.82, 2.24) is 24.8 Å². The topological polar surface area (TPSA) is 94.7 Å². The fraction of sp³-hybridized carbons (Fsp3) is 0.214. The van der Waals surface area contributed by atoms with Gasteiger partial charge in [0.15, 0.2) is 0 Å². The van der Waals surface area contributed by atoms with E-state index in [1.165, 1.54) is 6.20 Å². The summed E-state index contributed by atoms with van der Waals surface area (Å²) in [4.78, 5) is 24.6. The number of hydrogen-bond donors (Lipinski definition) is 1. The highest BCUT2D eigenvalue weighted by molar-refractivity contribution is 5.93. The van der Waals surface area contributed by atoms with Crippen LogP contribution in [0.4, 0.5) is 5.69 Å². The fourth-order valence-corrected chi connectivity index (χ4v) is 2.10. The molecule has 0 saturated carbocycles. The number of amides is 1. The lowest BCUT2D eigenvalue weighted by atomic mass is 10.2. The Balaban J connectivity index is 1.91. The molecule has 0 aliphatic heterocycles. The summed E-state index contributed by atoms with van der Waals surface area (Å²) in [7, 11) is 1.75. The molecule has 0 spiro atoms. The van der Waals surface area contributed by atoms with Crippen LogP contribution in [0.2, 0.25) is 0 Å². The molecule has 8 nitrogen and oxygen atoms in total. The van der Waals surface area contributed by atoms with Gasteiger partial charge in [0.2, 0.25) is 5.91 Å². The van der Waals surface area contributed by atoms with E-state index in [9.17, 15) is 9.59 Å². The van der Waals surface area contributed by atoms with E-state index in [1.807, 2.05) is 0 Å². The minimum absolute atomic E-state index is 0.348. The number of benzene rings is 1. The molecule has 0 aliphatic rings. The molecular formula is C14H14N6O2. The predicted octanol–water partition coefficient (Wildman–Crippen LogP) is 0.725. The summed E-state index contributed by atoms with van der Waals surface area (Å²) in [5.74, 6) is -0.361. The molecule has 1 aromatic carbocycles. The zero-order valence-electron chi connectivity index (χ0n) is 12.1. The van der Waals surface area contributed by atoms with Crippen molar-refractivity contribution in [3.05, 3.63) is 47.0 Å². The molecule has 2 aromatic heterocycles. The number of nitrogens with one attached hydrogen (secondary N) is 1. The van der Waals surface area contributed by atoms with Crippen molar-refractivity contribution >= 4 is 22.5 Å². The molecule has 0 saturated heterocycles. The minimum atomic E-state index is -0.787. The van der Waals surface area contributed by atoms with Crippen LogP contribution in [-0.4, -0.2) is 30.7 Å². The number of fused-ring (bicyclic) bond motifs is 1. The van der Waals surface area contributed by atoms with Gasteiger partial charge >= 0.3 is 0 Å². The van der Waals surface area contributed by atoms with E-state index in [0.717, 1.165) is 4.68 Å². The molecule has 1 atom stereocenters. The van der Waals surface area contributed by atoms with Crippen LogP contribution in [0.1, 0.15) is 13.0 Å². The minimum Gasteiger partial charge on any atom is -0.322 e. The Kier molecular flexibility index (Phi) is 3.42. The summed E-state index contributed by atoms with van der Waals surface area (Å²) in [6, 6.07) is 6.10. The molecule has 1 amide bonds. The molecule has 2 heterocycles. The Morgan fingerprint density at radius 3 is 2.82 bits per heavy atom. The molecule has 0 unspecified atom stereocenters. The second-order valence-electron chi connectivity index (χ2n) is 4.92. The molecule has 3 aromatic rings. The fourth-order valence-electron chi connectivity index (χ4n) is 2.10. The molecule has 8 heteroatoms. The molecular weight excluding hydrogens is 284 g/mol. The van der Waals surface area contributed by atoms with Crippen LogP contribution in [-0.2, 0) is 11.8 Å². The van der Waals surface area contributed by atoms with Crippen LogP contribution in [0.3, 0.4) is 0 Å². The Morgan fingerprint density at radius 2 is 2.09 bits per heavy atom. The van der Waals surface area contributed by atoms with Crippen molar-refractivity contribution in [2.75, 3.05) is 5.32 Å². The van der Waals surface area contributed by atoms with Gasteiger partial charge in [0, 0.05) is 13.2 Å². The summed E-state index contributed by atoms with van der Waals surface area (Å²) in [6.07, 6.45) is 3.19. The van der Waals surface area contributed by atoms with E-state index in [2.05, 4.69) is 20.7 Å². The quantitative estimate of drug-likeness (QED) is 0.769. The smallest absolute Gasteiger partial charge is 0.278 e. The van der Waals surface area contributed by atoms with Crippen molar-refractivity contribution in [2.45, 2.75) is 13.0 Å². The molecule has 0 bridgehead atoms. The molecule has 0 aliphatic carbocycles. The molecule has 3 rings (SSSR count). The lowest BCUT2D eigenvalue weighted by Crippen LogP contribution is -2.34. The Labute approximate surface area is 125 Å². The van der Waals surface area contributed by atoms with Gasteiger partial charge in [-0.2, -0.15) is 9.78 Å². The van der Waals surface area contributed by atoms with E-state index in [0.29, 0.717) is 16.6 Å². The summed E-state index contributed by atoms with van der Waals surface area (Å²) in [5.41, 5.74) is 0.712. The molecule has 112 valence electrons. The number of hydrogen-bond acceptors (Lipinski definition) is 5.